The van der Waals surface area contributed by atoms with E-state index < -0.39 is 11.6 Å². The minimum Gasteiger partial charge on any atom is -0.325 e. The smallest absolute Gasteiger partial charge is 0.238 e. The standard InChI is InChI=1S/C14H16F2N2O2/c15-12-2-1-11(7-13(12)16)17-14(20)8-18-5-3-10(9-19)4-6-18/h1-2,7,9-10H,3-6,8H2,(H,17,20). The summed E-state index contributed by atoms with van der Waals surface area (Å²) in [7, 11) is 0. The molecule has 0 unspecified atom stereocenters. The van der Waals surface area contributed by atoms with Gasteiger partial charge in [-0.3, -0.25) is 9.69 Å². The van der Waals surface area contributed by atoms with E-state index in [1.165, 1.54) is 6.07 Å². The van der Waals surface area contributed by atoms with Gasteiger partial charge in [0.1, 0.15) is 6.29 Å². The molecule has 0 radical (unpaired) electrons. The van der Waals surface area contributed by atoms with Crippen LogP contribution in [0.5, 0.6) is 0 Å². The molecule has 1 aromatic rings. The lowest BCUT2D eigenvalue weighted by Crippen LogP contribution is -2.39. The first-order valence-electron chi connectivity index (χ1n) is 6.51. The summed E-state index contributed by atoms with van der Waals surface area (Å²) in [6.45, 7) is 1.56. The summed E-state index contributed by atoms with van der Waals surface area (Å²) < 4.78 is 25.8. The number of nitrogens with one attached hydrogen (secondary N) is 1. The van der Waals surface area contributed by atoms with Crippen LogP contribution in [-0.2, 0) is 9.59 Å². The Kier molecular flexibility index (Phi) is 4.79. The molecule has 4 nitrogen and oxygen atoms in total. The molecule has 0 aromatic heterocycles. The number of piperidine rings is 1. The molecule has 1 N–H and O–H groups in total. The first-order chi connectivity index (χ1) is 9.58. The summed E-state index contributed by atoms with van der Waals surface area (Å²) in [5.74, 6) is -2.13. The molecule has 1 fully saturated rings. The van der Waals surface area contributed by atoms with E-state index in [4.69, 9.17) is 0 Å². The van der Waals surface area contributed by atoms with Crippen LogP contribution in [0.3, 0.4) is 0 Å². The third-order valence-electron chi connectivity index (χ3n) is 3.40. The van der Waals surface area contributed by atoms with Gasteiger partial charge in [-0.15, -0.1) is 0 Å². The summed E-state index contributed by atoms with van der Waals surface area (Å²) in [4.78, 5) is 24.4. The monoisotopic (exact) mass is 282 g/mol. The molecule has 1 amide bonds. The minimum atomic E-state index is -0.991. The Morgan fingerprint density at radius 2 is 2.00 bits per heavy atom. The van der Waals surface area contributed by atoms with E-state index in [9.17, 15) is 18.4 Å². The zero-order valence-electron chi connectivity index (χ0n) is 10.9. The summed E-state index contributed by atoms with van der Waals surface area (Å²) in [6, 6.07) is 3.24. The molecular formula is C14H16F2N2O2. The van der Waals surface area contributed by atoms with Crippen molar-refractivity contribution in [2.75, 3.05) is 25.0 Å². The van der Waals surface area contributed by atoms with Crippen LogP contribution in [0, 0.1) is 17.6 Å². The van der Waals surface area contributed by atoms with Crippen LogP contribution in [-0.4, -0.2) is 36.7 Å². The second-order valence-electron chi connectivity index (χ2n) is 4.93. The van der Waals surface area contributed by atoms with Crippen LogP contribution in [0.1, 0.15) is 12.8 Å². The van der Waals surface area contributed by atoms with E-state index in [0.717, 1.165) is 31.3 Å². The predicted octanol–water partition coefficient (Wildman–Crippen LogP) is 1.81. The van der Waals surface area contributed by atoms with Gasteiger partial charge < -0.3 is 10.1 Å². The number of aldehydes is 1. The molecule has 0 aliphatic carbocycles. The quantitative estimate of drug-likeness (QED) is 0.857. The maximum atomic E-state index is 13.0. The van der Waals surface area contributed by atoms with E-state index in [1.807, 2.05) is 4.90 Å². The molecule has 2 rings (SSSR count). The molecule has 1 heterocycles. The molecule has 1 aliphatic heterocycles. The molecule has 0 bridgehead atoms. The average molecular weight is 282 g/mol. The highest BCUT2D eigenvalue weighted by atomic mass is 19.2. The number of anilines is 1. The van der Waals surface area contributed by atoms with Crippen molar-refractivity contribution in [2.45, 2.75) is 12.8 Å². The summed E-state index contributed by atoms with van der Waals surface area (Å²) in [5.41, 5.74) is 0.233. The van der Waals surface area contributed by atoms with Crippen LogP contribution in [0.4, 0.5) is 14.5 Å². The molecule has 6 heteroatoms. The van der Waals surface area contributed by atoms with E-state index >= 15 is 0 Å². The van der Waals surface area contributed by atoms with Crippen LogP contribution < -0.4 is 5.32 Å². The number of benzene rings is 1. The Hall–Kier alpha value is -1.82. The van der Waals surface area contributed by atoms with Crippen molar-refractivity contribution in [2.24, 2.45) is 5.92 Å². The number of hydrogen-bond acceptors (Lipinski definition) is 3. The number of hydrogen-bond donors (Lipinski definition) is 1. The van der Waals surface area contributed by atoms with Crippen molar-refractivity contribution in [3.8, 4) is 0 Å². The second kappa shape index (κ2) is 6.56. The van der Waals surface area contributed by atoms with Crippen molar-refractivity contribution in [1.29, 1.82) is 0 Å². The first kappa shape index (κ1) is 14.6. The SMILES string of the molecule is O=CC1CCN(CC(=O)Nc2ccc(F)c(F)c2)CC1. The summed E-state index contributed by atoms with van der Waals surface area (Å²) in [6.07, 6.45) is 2.46. The third kappa shape index (κ3) is 3.84. The number of likely N-dealkylation sites (tertiary alicyclic amines) is 1. The number of amides is 1. The average Bonchev–Trinajstić information content (AvgIpc) is 2.44. The predicted molar refractivity (Wildman–Crippen MR) is 70.2 cm³/mol. The molecule has 0 atom stereocenters. The normalized spacial score (nSPS) is 16.9. The van der Waals surface area contributed by atoms with Crippen molar-refractivity contribution in [3.05, 3.63) is 29.8 Å². The summed E-state index contributed by atoms with van der Waals surface area (Å²) in [5, 5.41) is 2.53. The van der Waals surface area contributed by atoms with E-state index in [2.05, 4.69) is 5.32 Å². The molecule has 20 heavy (non-hydrogen) atoms. The van der Waals surface area contributed by atoms with Gasteiger partial charge in [-0.25, -0.2) is 8.78 Å². The Morgan fingerprint density at radius 1 is 1.30 bits per heavy atom. The Balaban J connectivity index is 1.83. The fraction of sp³-hybridized carbons (Fsp3) is 0.429. The molecule has 1 aliphatic rings. The molecule has 0 saturated carbocycles. The largest absolute Gasteiger partial charge is 0.325 e. The third-order valence-corrected chi connectivity index (χ3v) is 3.40. The van der Waals surface area contributed by atoms with Gasteiger partial charge in [-0.05, 0) is 38.1 Å². The van der Waals surface area contributed by atoms with Gasteiger partial charge in [-0.1, -0.05) is 0 Å². The number of carbonyl (C=O) groups excluding carboxylic acids is 2. The number of rotatable bonds is 4. The van der Waals surface area contributed by atoms with E-state index in [0.29, 0.717) is 13.1 Å². The fourth-order valence-corrected chi connectivity index (χ4v) is 2.22. The zero-order valence-corrected chi connectivity index (χ0v) is 10.9. The fourth-order valence-electron chi connectivity index (χ4n) is 2.22. The number of carbonyl (C=O) groups is 2. The van der Waals surface area contributed by atoms with E-state index in [-0.39, 0.29) is 24.1 Å². The Labute approximate surface area is 115 Å². The number of halogens is 2. The Morgan fingerprint density at radius 3 is 2.60 bits per heavy atom. The lowest BCUT2D eigenvalue weighted by Gasteiger charge is -2.28. The van der Waals surface area contributed by atoms with Gasteiger partial charge in [0.2, 0.25) is 5.91 Å². The van der Waals surface area contributed by atoms with Gasteiger partial charge in [0.05, 0.1) is 6.54 Å². The van der Waals surface area contributed by atoms with Crippen molar-refractivity contribution in [1.82, 2.24) is 4.90 Å². The zero-order chi connectivity index (χ0) is 14.5. The van der Waals surface area contributed by atoms with Gasteiger partial charge in [0, 0.05) is 17.7 Å². The molecular weight excluding hydrogens is 266 g/mol. The van der Waals surface area contributed by atoms with Crippen molar-refractivity contribution < 1.29 is 18.4 Å². The molecule has 0 spiro atoms. The molecule has 108 valence electrons. The van der Waals surface area contributed by atoms with Crippen LogP contribution in [0.15, 0.2) is 18.2 Å². The van der Waals surface area contributed by atoms with Crippen molar-refractivity contribution in [3.63, 3.8) is 0 Å². The number of nitrogens with zero attached hydrogens (tertiary/aromatic N) is 1. The first-order valence-corrected chi connectivity index (χ1v) is 6.51. The lowest BCUT2D eigenvalue weighted by molar-refractivity contribution is -0.117. The molecule has 1 aromatic carbocycles. The highest BCUT2D eigenvalue weighted by molar-refractivity contribution is 5.92. The van der Waals surface area contributed by atoms with Crippen LogP contribution >= 0.6 is 0 Å². The van der Waals surface area contributed by atoms with Crippen molar-refractivity contribution >= 4 is 17.9 Å². The minimum absolute atomic E-state index is 0.0838. The lowest BCUT2D eigenvalue weighted by atomic mass is 9.99. The maximum absolute atomic E-state index is 13.0. The highest BCUT2D eigenvalue weighted by Gasteiger charge is 2.20. The van der Waals surface area contributed by atoms with Crippen LogP contribution in [0.25, 0.3) is 0 Å². The second-order valence-corrected chi connectivity index (χ2v) is 4.93. The highest BCUT2D eigenvalue weighted by Crippen LogP contribution is 2.16. The van der Waals surface area contributed by atoms with Crippen LogP contribution in [0.2, 0.25) is 0 Å². The van der Waals surface area contributed by atoms with Gasteiger partial charge in [-0.2, -0.15) is 0 Å². The van der Waals surface area contributed by atoms with Gasteiger partial charge in [0.25, 0.3) is 0 Å². The molecule has 1 saturated heterocycles. The Bertz CT molecular complexity index is 500. The topological polar surface area (TPSA) is 49.4 Å². The summed E-state index contributed by atoms with van der Waals surface area (Å²) >= 11 is 0. The van der Waals surface area contributed by atoms with Gasteiger partial charge in [0.15, 0.2) is 11.6 Å². The van der Waals surface area contributed by atoms with Gasteiger partial charge >= 0.3 is 0 Å². The maximum Gasteiger partial charge on any atom is 0.238 e. The van der Waals surface area contributed by atoms with E-state index in [1.54, 1.807) is 0 Å².